The quantitative estimate of drug-likeness (QED) is 0.321. The summed E-state index contributed by atoms with van der Waals surface area (Å²) >= 11 is 0. The third-order valence-corrected chi connectivity index (χ3v) is 5.86. The topological polar surface area (TPSA) is 128 Å². The molecule has 0 atom stereocenters. The van der Waals surface area contributed by atoms with Gasteiger partial charge in [0.15, 0.2) is 11.5 Å². The fourth-order valence-corrected chi connectivity index (χ4v) is 4.23. The fourth-order valence-electron chi connectivity index (χ4n) is 4.23. The third-order valence-electron chi connectivity index (χ3n) is 5.86. The molecule has 1 amide bonds. The van der Waals surface area contributed by atoms with E-state index in [-0.39, 0.29) is 12.5 Å². The van der Waals surface area contributed by atoms with Gasteiger partial charge in [-0.25, -0.2) is 9.97 Å². The first kappa shape index (κ1) is 22.5. The molecule has 0 radical (unpaired) electrons. The molecule has 10 nitrogen and oxygen atoms in total. The van der Waals surface area contributed by atoms with E-state index in [2.05, 4.69) is 30.5 Å². The van der Waals surface area contributed by atoms with Crippen molar-refractivity contribution in [2.75, 3.05) is 26.0 Å². The van der Waals surface area contributed by atoms with Gasteiger partial charge in [0, 0.05) is 23.5 Å². The van der Waals surface area contributed by atoms with E-state index >= 15 is 0 Å². The third kappa shape index (κ3) is 4.41. The van der Waals surface area contributed by atoms with Crippen LogP contribution in [0.5, 0.6) is 0 Å². The number of anilines is 1. The zero-order valence-corrected chi connectivity index (χ0v) is 20.2. The molecular formula is C27H23N9O. The minimum absolute atomic E-state index is 0.112. The first-order valence-electron chi connectivity index (χ1n) is 11.7. The van der Waals surface area contributed by atoms with E-state index < -0.39 is 0 Å². The molecule has 0 spiro atoms. The summed E-state index contributed by atoms with van der Waals surface area (Å²) in [4.78, 5) is 35.9. The first-order valence-corrected chi connectivity index (χ1v) is 11.7. The van der Waals surface area contributed by atoms with Crippen LogP contribution in [0.15, 0.2) is 73.2 Å². The van der Waals surface area contributed by atoms with Crippen molar-refractivity contribution in [3.8, 4) is 34.0 Å². The summed E-state index contributed by atoms with van der Waals surface area (Å²) in [5.74, 6) is 0.497. The zero-order chi connectivity index (χ0) is 25.4. The van der Waals surface area contributed by atoms with Crippen molar-refractivity contribution in [3.05, 3.63) is 73.2 Å². The minimum atomic E-state index is -0.112. The van der Waals surface area contributed by atoms with Crippen LogP contribution in [-0.2, 0) is 4.79 Å². The molecular weight excluding hydrogens is 466 g/mol. The van der Waals surface area contributed by atoms with E-state index in [0.29, 0.717) is 28.4 Å². The average Bonchev–Trinajstić information content (AvgIpc) is 3.52. The number of nitrogens with zero attached hydrogens (tertiary/aromatic N) is 6. The lowest BCUT2D eigenvalue weighted by Crippen LogP contribution is -2.27. The van der Waals surface area contributed by atoms with Gasteiger partial charge in [0.25, 0.3) is 0 Å². The number of H-pyrrole nitrogens is 2. The molecule has 10 heteroatoms. The molecule has 6 rings (SSSR count). The molecule has 0 bridgehead atoms. The molecule has 37 heavy (non-hydrogen) atoms. The maximum absolute atomic E-state index is 12.2. The number of nitrogens with one attached hydrogen (secondary N) is 3. The van der Waals surface area contributed by atoms with Gasteiger partial charge in [-0.15, -0.1) is 0 Å². The normalized spacial score (nSPS) is 11.4. The lowest BCUT2D eigenvalue weighted by molar-refractivity contribution is -0.116. The Labute approximate surface area is 211 Å². The number of benzene rings is 1. The van der Waals surface area contributed by atoms with Crippen molar-refractivity contribution in [2.24, 2.45) is 0 Å². The largest absolute Gasteiger partial charge is 0.336 e. The van der Waals surface area contributed by atoms with Crippen LogP contribution in [0.3, 0.4) is 0 Å². The van der Waals surface area contributed by atoms with Gasteiger partial charge in [0.2, 0.25) is 5.91 Å². The van der Waals surface area contributed by atoms with Gasteiger partial charge in [-0.3, -0.25) is 19.9 Å². The van der Waals surface area contributed by atoms with Crippen molar-refractivity contribution >= 4 is 33.7 Å². The van der Waals surface area contributed by atoms with E-state index in [1.807, 2.05) is 68.7 Å². The molecule has 0 aliphatic rings. The molecule has 5 heterocycles. The number of likely N-dealkylation sites (N-methyl/N-ethyl adjacent to an activating group) is 1. The summed E-state index contributed by atoms with van der Waals surface area (Å²) in [6, 6.07) is 17.4. The number of carbonyl (C=O) groups excluding carboxylic acids is 1. The van der Waals surface area contributed by atoms with Crippen LogP contribution >= 0.6 is 0 Å². The van der Waals surface area contributed by atoms with Gasteiger partial charge in [-0.2, -0.15) is 5.10 Å². The summed E-state index contributed by atoms with van der Waals surface area (Å²) < 4.78 is 0. The van der Waals surface area contributed by atoms with Crippen molar-refractivity contribution in [1.82, 2.24) is 40.0 Å². The number of imidazole rings is 1. The smallest absolute Gasteiger partial charge is 0.238 e. The summed E-state index contributed by atoms with van der Waals surface area (Å²) in [6.07, 6.45) is 5.11. The number of pyridine rings is 3. The molecule has 0 saturated carbocycles. The highest BCUT2D eigenvalue weighted by Crippen LogP contribution is 2.31. The van der Waals surface area contributed by atoms with Crippen molar-refractivity contribution in [2.45, 2.75) is 0 Å². The van der Waals surface area contributed by atoms with Gasteiger partial charge in [0.05, 0.1) is 46.4 Å². The van der Waals surface area contributed by atoms with Crippen LogP contribution < -0.4 is 5.32 Å². The second-order valence-corrected chi connectivity index (χ2v) is 8.92. The number of hydrogen-bond acceptors (Lipinski definition) is 7. The Kier molecular flexibility index (Phi) is 5.62. The van der Waals surface area contributed by atoms with Gasteiger partial charge >= 0.3 is 0 Å². The lowest BCUT2D eigenvalue weighted by Gasteiger charge is -2.10. The number of carbonyl (C=O) groups is 1. The zero-order valence-electron chi connectivity index (χ0n) is 20.2. The predicted molar refractivity (Wildman–Crippen MR) is 143 cm³/mol. The van der Waals surface area contributed by atoms with E-state index in [4.69, 9.17) is 9.97 Å². The summed E-state index contributed by atoms with van der Waals surface area (Å²) in [7, 11) is 3.69. The molecule has 0 saturated heterocycles. The van der Waals surface area contributed by atoms with Crippen LogP contribution in [0.1, 0.15) is 0 Å². The second-order valence-electron chi connectivity index (χ2n) is 8.92. The Morgan fingerprint density at radius 3 is 2.70 bits per heavy atom. The van der Waals surface area contributed by atoms with Gasteiger partial charge in [-0.05, 0) is 50.5 Å². The van der Waals surface area contributed by atoms with Gasteiger partial charge in [-0.1, -0.05) is 18.2 Å². The minimum Gasteiger partial charge on any atom is -0.336 e. The Balaban J connectivity index is 1.38. The van der Waals surface area contributed by atoms with Gasteiger partial charge in [0.1, 0.15) is 5.52 Å². The van der Waals surface area contributed by atoms with Crippen molar-refractivity contribution in [1.29, 1.82) is 0 Å². The summed E-state index contributed by atoms with van der Waals surface area (Å²) in [5, 5.41) is 10.4. The number of aromatic amines is 2. The van der Waals surface area contributed by atoms with Crippen LogP contribution in [0.2, 0.25) is 0 Å². The number of para-hydroxylation sites is 1. The average molecular weight is 490 g/mol. The monoisotopic (exact) mass is 489 g/mol. The Morgan fingerprint density at radius 1 is 0.946 bits per heavy atom. The second kappa shape index (κ2) is 9.25. The molecule has 0 fully saturated rings. The summed E-state index contributed by atoms with van der Waals surface area (Å²) in [6.45, 7) is 0.284. The van der Waals surface area contributed by atoms with E-state index in [1.165, 1.54) is 0 Å². The fraction of sp³-hybridized carbons (Fsp3) is 0.111. The molecule has 0 aliphatic heterocycles. The van der Waals surface area contributed by atoms with Crippen molar-refractivity contribution < 1.29 is 4.79 Å². The maximum atomic E-state index is 12.2. The number of rotatable bonds is 6. The highest BCUT2D eigenvalue weighted by atomic mass is 16.2. The highest BCUT2D eigenvalue weighted by molar-refractivity contribution is 5.96. The van der Waals surface area contributed by atoms with Crippen molar-refractivity contribution in [3.63, 3.8) is 0 Å². The Hall–Kier alpha value is -4.96. The van der Waals surface area contributed by atoms with Crippen LogP contribution in [0, 0.1) is 0 Å². The molecule has 3 N–H and O–H groups in total. The van der Waals surface area contributed by atoms with Gasteiger partial charge < -0.3 is 15.2 Å². The standard InChI is InChI=1S/C27H23N9O/c1-36(2)15-23(37)30-17-12-16(13-28-14-17)19-9-10-22-25(31-19)26(35-34-22)27-32-21-8-5-6-18(24(21)33-27)20-7-3-4-11-29-20/h3-14H,15H2,1-2H3,(H,30,37)(H,32,33)(H,34,35). The van der Waals surface area contributed by atoms with E-state index in [1.54, 1.807) is 23.5 Å². The highest BCUT2D eigenvalue weighted by Gasteiger charge is 2.17. The van der Waals surface area contributed by atoms with Crippen LogP contribution in [0.25, 0.3) is 56.1 Å². The lowest BCUT2D eigenvalue weighted by atomic mass is 10.1. The number of hydrogen-bond donors (Lipinski definition) is 3. The molecule has 6 aromatic rings. The Morgan fingerprint density at radius 2 is 1.86 bits per heavy atom. The SMILES string of the molecule is CN(C)CC(=O)Nc1cncc(-c2ccc3[nH]nc(-c4nc5c(-c6ccccn6)cccc5[nH]4)c3n2)c1. The Bertz CT molecular complexity index is 1740. The maximum Gasteiger partial charge on any atom is 0.238 e. The van der Waals surface area contributed by atoms with E-state index in [9.17, 15) is 4.79 Å². The molecule has 0 unspecified atom stereocenters. The first-order chi connectivity index (χ1) is 18.0. The van der Waals surface area contributed by atoms with Crippen LogP contribution in [-0.4, -0.2) is 66.6 Å². The molecule has 0 aliphatic carbocycles. The summed E-state index contributed by atoms with van der Waals surface area (Å²) in [5.41, 5.74) is 7.66. The number of amides is 1. The molecule has 1 aromatic carbocycles. The number of aromatic nitrogens is 7. The van der Waals surface area contributed by atoms with Crippen LogP contribution in [0.4, 0.5) is 5.69 Å². The predicted octanol–water partition coefficient (Wildman–Crippen LogP) is 4.13. The molecule has 5 aromatic heterocycles. The molecule has 182 valence electrons. The van der Waals surface area contributed by atoms with E-state index in [0.717, 1.165) is 33.4 Å². The number of fused-ring (bicyclic) bond motifs is 2.